The van der Waals surface area contributed by atoms with E-state index in [4.69, 9.17) is 15.2 Å². The Morgan fingerprint density at radius 1 is 1.16 bits per heavy atom. The number of nitrogen functional groups attached to an aromatic ring is 1. The second-order valence-electron chi connectivity index (χ2n) is 7.54. The predicted molar refractivity (Wildman–Crippen MR) is 123 cm³/mol. The molecule has 2 heterocycles. The van der Waals surface area contributed by atoms with Crippen LogP contribution in [0.25, 0.3) is 10.9 Å². The maximum atomic E-state index is 11.9. The lowest BCUT2D eigenvalue weighted by Crippen LogP contribution is -2.55. The molecular formula is C21H30ClN5O4. The zero-order chi connectivity index (χ0) is 20.5. The maximum Gasteiger partial charge on any atom is 0.228 e. The first kappa shape index (κ1) is 24.6. The van der Waals surface area contributed by atoms with Crippen LogP contribution in [0.3, 0.4) is 0 Å². The number of aromatic nitrogens is 2. The second-order valence-corrected chi connectivity index (χ2v) is 7.54. The number of hydrogen-bond acceptors (Lipinski definition) is 8. The van der Waals surface area contributed by atoms with E-state index < -0.39 is 0 Å². The number of carbonyl (C=O) groups is 1. The van der Waals surface area contributed by atoms with Crippen LogP contribution in [0, 0.1) is 0 Å². The lowest BCUT2D eigenvalue weighted by molar-refractivity contribution is -0.118. The Labute approximate surface area is 187 Å². The number of benzene rings is 1. The monoisotopic (exact) mass is 451 g/mol. The summed E-state index contributed by atoms with van der Waals surface area (Å²) >= 11 is 0. The number of nitrogens with two attached hydrogens (primary N) is 1. The fourth-order valence-electron chi connectivity index (χ4n) is 3.77. The van der Waals surface area contributed by atoms with Crippen molar-refractivity contribution in [1.29, 1.82) is 0 Å². The molecule has 9 nitrogen and oxygen atoms in total. The highest BCUT2D eigenvalue weighted by Crippen LogP contribution is 2.48. The molecule has 2 aromatic rings. The lowest BCUT2D eigenvalue weighted by atomic mass is 10.1. The smallest absolute Gasteiger partial charge is 0.228 e. The van der Waals surface area contributed by atoms with E-state index in [2.05, 4.69) is 15.3 Å². The fraction of sp³-hybridized carbons (Fsp3) is 0.476. The Kier molecular flexibility index (Phi) is 8.05. The van der Waals surface area contributed by atoms with Gasteiger partial charge in [-0.1, -0.05) is 11.1 Å². The fourth-order valence-corrected chi connectivity index (χ4v) is 3.77. The summed E-state index contributed by atoms with van der Waals surface area (Å²) in [5, 5.41) is 3.90. The summed E-state index contributed by atoms with van der Waals surface area (Å²) in [5.41, 5.74) is 10.3. The van der Waals surface area contributed by atoms with Crippen LogP contribution >= 0.6 is 12.4 Å². The number of allylic oxidation sites excluding steroid dienone is 2. The number of methoxy groups -OCH3 is 2. The number of nitrogens with zero attached hydrogens (tertiary/aromatic N) is 3. The van der Waals surface area contributed by atoms with Crippen molar-refractivity contribution in [3.8, 4) is 11.5 Å². The van der Waals surface area contributed by atoms with Gasteiger partial charge >= 0.3 is 0 Å². The van der Waals surface area contributed by atoms with Crippen molar-refractivity contribution >= 4 is 40.9 Å². The van der Waals surface area contributed by atoms with Gasteiger partial charge in [-0.15, -0.1) is 12.4 Å². The van der Waals surface area contributed by atoms with Gasteiger partial charge in [0.05, 0.1) is 19.7 Å². The van der Waals surface area contributed by atoms with Crippen molar-refractivity contribution < 1.29 is 19.7 Å². The average molecular weight is 452 g/mol. The molecule has 0 bridgehead atoms. The summed E-state index contributed by atoms with van der Waals surface area (Å²) in [7, 11) is 3.13. The van der Waals surface area contributed by atoms with Gasteiger partial charge in [0.2, 0.25) is 5.95 Å². The number of anilines is 2. The third-order valence-electron chi connectivity index (χ3n) is 5.72. The Bertz CT molecular complexity index is 985. The molecular weight excluding hydrogens is 422 g/mol. The van der Waals surface area contributed by atoms with Gasteiger partial charge in [-0.25, -0.2) is 4.98 Å². The Morgan fingerprint density at radius 3 is 2.32 bits per heavy atom. The van der Waals surface area contributed by atoms with Crippen molar-refractivity contribution in [3.05, 3.63) is 23.3 Å². The summed E-state index contributed by atoms with van der Waals surface area (Å²) in [6, 6.07) is 3.23. The van der Waals surface area contributed by atoms with Gasteiger partial charge in [0.25, 0.3) is 0 Å². The van der Waals surface area contributed by atoms with Crippen molar-refractivity contribution in [3.63, 3.8) is 0 Å². The minimum Gasteiger partial charge on any atom is -0.493 e. The zero-order valence-electron chi connectivity index (χ0n) is 18.0. The number of ketones is 1. The van der Waals surface area contributed by atoms with Gasteiger partial charge in [-0.2, -0.15) is 4.98 Å². The lowest BCUT2D eigenvalue weighted by Gasteiger charge is -2.34. The first-order chi connectivity index (χ1) is 14.0. The molecule has 1 fully saturated rings. The minimum atomic E-state index is -0.296. The molecule has 1 aliphatic heterocycles. The summed E-state index contributed by atoms with van der Waals surface area (Å²) in [5.74, 6) is 2.00. The summed E-state index contributed by atoms with van der Waals surface area (Å²) in [6.45, 7) is 3.55. The van der Waals surface area contributed by atoms with E-state index in [-0.39, 0.29) is 29.7 Å². The van der Waals surface area contributed by atoms with Crippen molar-refractivity contribution in [2.45, 2.75) is 32.2 Å². The van der Waals surface area contributed by atoms with Crippen molar-refractivity contribution in [2.75, 3.05) is 44.5 Å². The highest BCUT2D eigenvalue weighted by Gasteiger charge is 2.29. The van der Waals surface area contributed by atoms with Crippen LogP contribution in [-0.4, -0.2) is 61.1 Å². The molecule has 1 unspecified atom stereocenters. The quantitative estimate of drug-likeness (QED) is 0.670. The van der Waals surface area contributed by atoms with Gasteiger partial charge in [0, 0.05) is 31.1 Å². The Balaban J connectivity index is 0.000000421. The number of Topliss-reactive ketones (excluding diaryl/α,β-unsaturated/α-hetero) is 1. The topological polar surface area (TPSA) is 134 Å². The first-order valence-corrected chi connectivity index (χ1v) is 9.88. The molecule has 3 aliphatic rings. The van der Waals surface area contributed by atoms with E-state index in [9.17, 15) is 4.79 Å². The third kappa shape index (κ3) is 5.00. The van der Waals surface area contributed by atoms with Crippen LogP contribution in [0.15, 0.2) is 23.3 Å². The van der Waals surface area contributed by atoms with E-state index in [0.29, 0.717) is 47.3 Å². The Morgan fingerprint density at radius 2 is 1.81 bits per heavy atom. The van der Waals surface area contributed by atoms with Gasteiger partial charge in [0.15, 0.2) is 17.3 Å². The molecule has 5 N–H and O–H groups in total. The van der Waals surface area contributed by atoms with Crippen LogP contribution in [-0.2, 0) is 4.79 Å². The predicted octanol–water partition coefficient (Wildman–Crippen LogP) is 1.67. The number of fused-ring (bicyclic) bond motifs is 1. The molecule has 1 atom stereocenters. The van der Waals surface area contributed by atoms with E-state index in [1.165, 1.54) is 19.3 Å². The van der Waals surface area contributed by atoms with Crippen molar-refractivity contribution in [2.24, 2.45) is 0 Å². The van der Waals surface area contributed by atoms with Crippen LogP contribution in [0.2, 0.25) is 0 Å². The number of ether oxygens (including phenoxy) is 2. The van der Waals surface area contributed by atoms with E-state index in [0.717, 1.165) is 6.54 Å². The van der Waals surface area contributed by atoms with Gasteiger partial charge in [-0.05, 0) is 32.3 Å². The van der Waals surface area contributed by atoms with E-state index in [1.807, 2.05) is 4.90 Å². The van der Waals surface area contributed by atoms with Crippen molar-refractivity contribution in [1.82, 2.24) is 15.3 Å². The normalized spacial score (nSPS) is 18.4. The molecule has 5 rings (SSSR count). The molecule has 0 saturated carbocycles. The summed E-state index contributed by atoms with van der Waals surface area (Å²) in [4.78, 5) is 22.8. The number of rotatable bonds is 4. The number of halogens is 1. The maximum absolute atomic E-state index is 11.9. The molecule has 0 radical (unpaired) electrons. The molecule has 1 aromatic heterocycles. The van der Waals surface area contributed by atoms with Gasteiger partial charge < -0.3 is 30.9 Å². The Hall–Kier alpha value is -2.62. The molecule has 0 amide bonds. The van der Waals surface area contributed by atoms with Crippen LogP contribution in [0.1, 0.15) is 26.2 Å². The van der Waals surface area contributed by atoms with E-state index >= 15 is 0 Å². The zero-order valence-corrected chi connectivity index (χ0v) is 18.8. The highest BCUT2D eigenvalue weighted by atomic mass is 35.5. The van der Waals surface area contributed by atoms with Crippen LogP contribution in [0.5, 0.6) is 11.5 Å². The number of hydrogen-bond donors (Lipinski definition) is 2. The first-order valence-electron chi connectivity index (χ1n) is 9.88. The molecule has 0 spiro atoms. The molecule has 10 heteroatoms. The molecule has 1 saturated heterocycles. The van der Waals surface area contributed by atoms with Crippen LogP contribution < -0.4 is 25.4 Å². The highest BCUT2D eigenvalue weighted by molar-refractivity contribution is 5.92. The molecule has 1 aromatic carbocycles. The third-order valence-corrected chi connectivity index (χ3v) is 5.72. The van der Waals surface area contributed by atoms with Gasteiger partial charge in [0.1, 0.15) is 11.9 Å². The molecule has 170 valence electrons. The van der Waals surface area contributed by atoms with E-state index in [1.54, 1.807) is 44.4 Å². The van der Waals surface area contributed by atoms with Gasteiger partial charge in [-0.3, -0.25) is 4.79 Å². The second kappa shape index (κ2) is 10.1. The molecule has 2 aliphatic carbocycles. The number of piperazine rings is 1. The minimum absolute atomic E-state index is 0. The van der Waals surface area contributed by atoms with Crippen LogP contribution in [0.4, 0.5) is 11.8 Å². The SMILES string of the molecule is C1CC2=C1C2.COc1cc2nc(N3CCNCC3C(C)=O)nc(N)c2cc1OC.Cl.O. The number of nitrogens with one attached hydrogen (secondary N) is 1. The largest absolute Gasteiger partial charge is 0.493 e. The summed E-state index contributed by atoms with van der Waals surface area (Å²) < 4.78 is 10.6. The number of carbonyl (C=O) groups excluding carboxylic acids is 1. The summed E-state index contributed by atoms with van der Waals surface area (Å²) in [6.07, 6.45) is 4.30. The standard InChI is InChI=1S/C16H21N5O3.C5H6.ClH.H2O/c1-9(22)12-8-18-4-5-21(12)16-19-11-7-14(24-3)13(23-2)6-10(11)15(17)20-16;1-2-5-3-4(1)5;;/h6-7,12,18H,4-5,8H2,1-3H3,(H2,17,19,20);1-3H2;1H;1H2. The molecule has 31 heavy (non-hydrogen) atoms. The average Bonchev–Trinajstić information content (AvgIpc) is 3.32.